The zero-order valence-electron chi connectivity index (χ0n) is 9.86. The summed E-state index contributed by atoms with van der Waals surface area (Å²) in [6.45, 7) is 4.03. The van der Waals surface area contributed by atoms with Gasteiger partial charge in [-0.3, -0.25) is 14.6 Å². The topological polar surface area (TPSA) is 84.9 Å². The second-order valence-corrected chi connectivity index (χ2v) is 4.37. The Morgan fingerprint density at radius 1 is 1.47 bits per heavy atom. The van der Waals surface area contributed by atoms with Gasteiger partial charge < -0.3 is 4.74 Å². The SMILES string of the molecule is CCCCOC(=O)CSc1nnc(C)c(=O)[nH]1. The number of unbranched alkanes of at least 4 members (excludes halogenated alkanes) is 1. The normalized spacial score (nSPS) is 10.2. The first-order valence-corrected chi connectivity index (χ1v) is 6.34. The van der Waals surface area contributed by atoms with E-state index in [1.807, 2.05) is 6.92 Å². The molecule has 0 saturated heterocycles. The minimum absolute atomic E-state index is 0.122. The summed E-state index contributed by atoms with van der Waals surface area (Å²) in [6.07, 6.45) is 1.84. The first kappa shape index (κ1) is 13.7. The summed E-state index contributed by atoms with van der Waals surface area (Å²) in [6, 6.07) is 0. The zero-order chi connectivity index (χ0) is 12.7. The van der Waals surface area contributed by atoms with Crippen LogP contribution in [0.4, 0.5) is 0 Å². The number of H-pyrrole nitrogens is 1. The highest BCUT2D eigenvalue weighted by Crippen LogP contribution is 2.09. The van der Waals surface area contributed by atoms with Crippen molar-refractivity contribution in [2.75, 3.05) is 12.4 Å². The maximum Gasteiger partial charge on any atom is 0.316 e. The molecule has 1 N–H and O–H groups in total. The number of hydrogen-bond donors (Lipinski definition) is 1. The Bertz CT molecular complexity index is 433. The molecule has 0 aliphatic heterocycles. The van der Waals surface area contributed by atoms with Crippen LogP contribution in [0.3, 0.4) is 0 Å². The van der Waals surface area contributed by atoms with Gasteiger partial charge in [0.05, 0.1) is 12.4 Å². The third-order valence-corrected chi connectivity index (χ3v) is 2.76. The molecule has 0 aliphatic carbocycles. The molecule has 1 aromatic heterocycles. The second kappa shape index (κ2) is 7.05. The Kier molecular flexibility index (Phi) is 5.68. The largest absolute Gasteiger partial charge is 0.465 e. The van der Waals surface area contributed by atoms with E-state index in [1.165, 1.54) is 0 Å². The number of nitrogens with zero attached hydrogens (tertiary/aromatic N) is 2. The van der Waals surface area contributed by atoms with E-state index in [2.05, 4.69) is 15.2 Å². The van der Waals surface area contributed by atoms with Crippen LogP contribution in [0.15, 0.2) is 9.95 Å². The molecule has 0 spiro atoms. The van der Waals surface area contributed by atoms with Crippen molar-refractivity contribution >= 4 is 17.7 Å². The number of aromatic amines is 1. The third-order valence-electron chi connectivity index (χ3n) is 1.93. The van der Waals surface area contributed by atoms with Crippen LogP contribution in [0.2, 0.25) is 0 Å². The lowest BCUT2D eigenvalue weighted by molar-refractivity contribution is -0.140. The Hall–Kier alpha value is -1.37. The molecular weight excluding hydrogens is 242 g/mol. The Balaban J connectivity index is 2.37. The molecule has 1 heterocycles. The van der Waals surface area contributed by atoms with E-state index in [4.69, 9.17) is 4.74 Å². The van der Waals surface area contributed by atoms with E-state index in [1.54, 1.807) is 6.92 Å². The van der Waals surface area contributed by atoms with Gasteiger partial charge in [0.1, 0.15) is 5.69 Å². The van der Waals surface area contributed by atoms with Crippen LogP contribution in [0, 0.1) is 6.92 Å². The summed E-state index contributed by atoms with van der Waals surface area (Å²) >= 11 is 1.11. The number of carbonyl (C=O) groups excluding carboxylic acids is 1. The van der Waals surface area contributed by atoms with Crippen LogP contribution in [0.25, 0.3) is 0 Å². The number of hydrogen-bond acceptors (Lipinski definition) is 6. The molecule has 0 bridgehead atoms. The van der Waals surface area contributed by atoms with Crippen molar-refractivity contribution in [1.29, 1.82) is 0 Å². The van der Waals surface area contributed by atoms with Gasteiger partial charge in [-0.25, -0.2) is 0 Å². The number of carbonyl (C=O) groups is 1. The van der Waals surface area contributed by atoms with E-state index in [0.29, 0.717) is 17.5 Å². The molecule has 0 unspecified atom stereocenters. The van der Waals surface area contributed by atoms with Gasteiger partial charge in [-0.05, 0) is 13.3 Å². The molecule has 7 heteroatoms. The Morgan fingerprint density at radius 3 is 2.88 bits per heavy atom. The molecule has 1 rings (SSSR count). The molecule has 17 heavy (non-hydrogen) atoms. The van der Waals surface area contributed by atoms with Crippen molar-refractivity contribution in [2.45, 2.75) is 31.8 Å². The molecule has 0 radical (unpaired) electrons. The van der Waals surface area contributed by atoms with E-state index >= 15 is 0 Å². The maximum absolute atomic E-state index is 11.3. The first-order chi connectivity index (χ1) is 8.13. The monoisotopic (exact) mass is 257 g/mol. The zero-order valence-corrected chi connectivity index (χ0v) is 10.7. The fourth-order valence-corrected chi connectivity index (χ4v) is 1.54. The number of esters is 1. The third kappa shape index (κ3) is 4.99. The number of rotatable bonds is 6. The molecular formula is C10H15N3O3S. The lowest BCUT2D eigenvalue weighted by Gasteiger charge is -2.02. The van der Waals surface area contributed by atoms with E-state index < -0.39 is 0 Å². The van der Waals surface area contributed by atoms with Gasteiger partial charge in [0, 0.05) is 0 Å². The fourth-order valence-electron chi connectivity index (χ4n) is 0.943. The average molecular weight is 257 g/mol. The molecule has 0 aliphatic rings. The molecule has 0 fully saturated rings. The van der Waals surface area contributed by atoms with Crippen molar-refractivity contribution in [3.05, 3.63) is 16.0 Å². The Morgan fingerprint density at radius 2 is 2.24 bits per heavy atom. The van der Waals surface area contributed by atoms with Crippen molar-refractivity contribution in [3.63, 3.8) is 0 Å². The van der Waals surface area contributed by atoms with Crippen molar-refractivity contribution < 1.29 is 9.53 Å². The van der Waals surface area contributed by atoms with Crippen LogP contribution in [-0.4, -0.2) is 33.5 Å². The summed E-state index contributed by atoms with van der Waals surface area (Å²) in [5.74, 6) is -0.191. The van der Waals surface area contributed by atoms with Crippen molar-refractivity contribution in [1.82, 2.24) is 15.2 Å². The summed E-state index contributed by atoms with van der Waals surface area (Å²) in [4.78, 5) is 25.0. The van der Waals surface area contributed by atoms with Crippen LogP contribution in [0.1, 0.15) is 25.5 Å². The molecule has 1 aromatic rings. The summed E-state index contributed by atoms with van der Waals surface area (Å²) in [5, 5.41) is 7.75. The van der Waals surface area contributed by atoms with Crippen molar-refractivity contribution in [2.24, 2.45) is 0 Å². The Labute approximate surface area is 103 Å². The number of nitrogens with one attached hydrogen (secondary N) is 1. The minimum atomic E-state index is -0.313. The molecule has 94 valence electrons. The molecule has 0 aromatic carbocycles. The maximum atomic E-state index is 11.3. The smallest absolute Gasteiger partial charge is 0.316 e. The van der Waals surface area contributed by atoms with Crippen LogP contribution >= 0.6 is 11.8 Å². The van der Waals surface area contributed by atoms with Gasteiger partial charge in [0.15, 0.2) is 5.16 Å². The second-order valence-electron chi connectivity index (χ2n) is 3.41. The predicted octanol–water partition coefficient (Wildman–Crippen LogP) is 0.909. The number of aromatic nitrogens is 3. The lowest BCUT2D eigenvalue weighted by Crippen LogP contribution is -2.15. The van der Waals surface area contributed by atoms with Gasteiger partial charge in [0.2, 0.25) is 0 Å². The fraction of sp³-hybridized carbons (Fsp3) is 0.600. The van der Waals surface area contributed by atoms with Crippen LogP contribution in [-0.2, 0) is 9.53 Å². The van der Waals surface area contributed by atoms with Gasteiger partial charge in [0.25, 0.3) is 5.56 Å². The molecule has 0 saturated carbocycles. The number of thioether (sulfide) groups is 1. The molecule has 0 atom stereocenters. The molecule has 0 amide bonds. The van der Waals surface area contributed by atoms with Crippen LogP contribution < -0.4 is 5.56 Å². The summed E-state index contributed by atoms with van der Waals surface area (Å²) in [7, 11) is 0. The van der Waals surface area contributed by atoms with E-state index in [9.17, 15) is 9.59 Å². The summed E-state index contributed by atoms with van der Waals surface area (Å²) in [5.41, 5.74) is 0.0155. The standard InChI is InChI=1S/C10H15N3O3S/c1-3-4-5-16-8(14)6-17-10-11-9(15)7(2)12-13-10/h3-6H2,1-2H3,(H,11,13,15). The molecule has 6 nitrogen and oxygen atoms in total. The van der Waals surface area contributed by atoms with E-state index in [0.717, 1.165) is 24.6 Å². The van der Waals surface area contributed by atoms with Crippen LogP contribution in [0.5, 0.6) is 0 Å². The van der Waals surface area contributed by atoms with E-state index in [-0.39, 0.29) is 17.3 Å². The minimum Gasteiger partial charge on any atom is -0.465 e. The highest BCUT2D eigenvalue weighted by molar-refractivity contribution is 7.99. The van der Waals surface area contributed by atoms with Gasteiger partial charge in [-0.15, -0.1) is 10.2 Å². The highest BCUT2D eigenvalue weighted by atomic mass is 32.2. The number of ether oxygens (including phenoxy) is 1. The predicted molar refractivity (Wildman–Crippen MR) is 64.0 cm³/mol. The van der Waals surface area contributed by atoms with Gasteiger partial charge in [-0.2, -0.15) is 0 Å². The lowest BCUT2D eigenvalue weighted by atomic mass is 10.4. The van der Waals surface area contributed by atoms with Gasteiger partial charge >= 0.3 is 5.97 Å². The first-order valence-electron chi connectivity index (χ1n) is 5.35. The summed E-state index contributed by atoms with van der Waals surface area (Å²) < 4.78 is 4.96. The number of aryl methyl sites for hydroxylation is 1. The highest BCUT2D eigenvalue weighted by Gasteiger charge is 2.06. The van der Waals surface area contributed by atoms with Gasteiger partial charge in [-0.1, -0.05) is 25.1 Å². The van der Waals surface area contributed by atoms with Crippen molar-refractivity contribution in [3.8, 4) is 0 Å². The quantitative estimate of drug-likeness (QED) is 0.463. The average Bonchev–Trinajstić information content (AvgIpc) is 2.31.